The molecule has 158 valence electrons. The highest BCUT2D eigenvalue weighted by molar-refractivity contribution is 5.74. The fourth-order valence-electron chi connectivity index (χ4n) is 3.93. The molecule has 0 amide bonds. The Balaban J connectivity index is 1.46. The van der Waals surface area contributed by atoms with E-state index in [-0.39, 0.29) is 0 Å². The second kappa shape index (κ2) is 8.40. The van der Waals surface area contributed by atoms with Crippen LogP contribution in [-0.2, 0) is 4.74 Å². The van der Waals surface area contributed by atoms with Crippen molar-refractivity contribution in [2.75, 3.05) is 36.5 Å². The third-order valence-corrected chi connectivity index (χ3v) is 5.73. The van der Waals surface area contributed by atoms with Crippen molar-refractivity contribution in [3.63, 3.8) is 0 Å². The van der Waals surface area contributed by atoms with Crippen LogP contribution in [0.2, 0.25) is 0 Å². The zero-order valence-corrected chi connectivity index (χ0v) is 18.0. The first-order valence-electron chi connectivity index (χ1n) is 10.8. The van der Waals surface area contributed by atoms with Gasteiger partial charge >= 0.3 is 0 Å². The second-order valence-electron chi connectivity index (χ2n) is 8.18. The third kappa shape index (κ3) is 4.11. The maximum absolute atomic E-state index is 5.45. The molecule has 6 heteroatoms. The number of anilines is 3. The minimum Gasteiger partial charge on any atom is -0.378 e. The molecule has 2 aromatic heterocycles. The summed E-state index contributed by atoms with van der Waals surface area (Å²) in [6, 6.07) is 17.1. The Morgan fingerprint density at radius 2 is 1.84 bits per heavy atom. The second-order valence-corrected chi connectivity index (χ2v) is 8.18. The highest BCUT2D eigenvalue weighted by atomic mass is 16.5. The number of aromatic nitrogens is 3. The van der Waals surface area contributed by atoms with E-state index in [9.17, 15) is 0 Å². The zero-order chi connectivity index (χ0) is 21.2. The van der Waals surface area contributed by atoms with Crippen molar-refractivity contribution in [1.82, 2.24) is 14.4 Å². The average Bonchev–Trinajstić information content (AvgIpc) is 3.29. The molecule has 0 radical (unpaired) electrons. The van der Waals surface area contributed by atoms with Crippen LogP contribution in [0.1, 0.15) is 25.3 Å². The standard InChI is InChI=1S/C25H27N5O/c1-18(2)19-4-3-5-20(16-19)23-17-30-11-10-26-25(30)24(28-23)27-21-6-8-22(9-7-21)29-12-14-31-15-13-29/h3-11,16-18H,12-15H2,1-2H3,(H,27,28). The highest BCUT2D eigenvalue weighted by Crippen LogP contribution is 2.27. The average molecular weight is 414 g/mol. The van der Waals surface area contributed by atoms with Gasteiger partial charge in [0, 0.05) is 48.6 Å². The van der Waals surface area contributed by atoms with E-state index in [4.69, 9.17) is 9.72 Å². The molecule has 5 rings (SSSR count). The van der Waals surface area contributed by atoms with E-state index in [1.807, 2.05) is 16.8 Å². The molecule has 1 saturated heterocycles. The first-order valence-corrected chi connectivity index (χ1v) is 10.8. The summed E-state index contributed by atoms with van der Waals surface area (Å²) < 4.78 is 7.48. The number of hydrogen-bond acceptors (Lipinski definition) is 5. The van der Waals surface area contributed by atoms with E-state index in [2.05, 4.69) is 77.6 Å². The van der Waals surface area contributed by atoms with Crippen molar-refractivity contribution < 1.29 is 4.74 Å². The van der Waals surface area contributed by atoms with Crippen LogP contribution in [0.5, 0.6) is 0 Å². The van der Waals surface area contributed by atoms with Crippen LogP contribution in [-0.4, -0.2) is 40.7 Å². The van der Waals surface area contributed by atoms with Gasteiger partial charge < -0.3 is 19.4 Å². The lowest BCUT2D eigenvalue weighted by Gasteiger charge is -2.28. The number of benzene rings is 2. The molecule has 3 heterocycles. The Morgan fingerprint density at radius 1 is 1.03 bits per heavy atom. The molecule has 0 spiro atoms. The van der Waals surface area contributed by atoms with Gasteiger partial charge in [-0.3, -0.25) is 0 Å². The van der Waals surface area contributed by atoms with Gasteiger partial charge in [0.15, 0.2) is 11.5 Å². The van der Waals surface area contributed by atoms with Crippen LogP contribution < -0.4 is 10.2 Å². The molecule has 1 aliphatic rings. The predicted molar refractivity (Wildman–Crippen MR) is 125 cm³/mol. The third-order valence-electron chi connectivity index (χ3n) is 5.73. The molecule has 0 unspecified atom stereocenters. The summed E-state index contributed by atoms with van der Waals surface area (Å²) in [5, 5.41) is 3.47. The van der Waals surface area contributed by atoms with E-state index >= 15 is 0 Å². The lowest BCUT2D eigenvalue weighted by atomic mass is 10.00. The van der Waals surface area contributed by atoms with Gasteiger partial charge in [-0.25, -0.2) is 9.97 Å². The molecule has 1 N–H and O–H groups in total. The summed E-state index contributed by atoms with van der Waals surface area (Å²) in [4.78, 5) is 11.8. The Morgan fingerprint density at radius 3 is 2.61 bits per heavy atom. The van der Waals surface area contributed by atoms with Gasteiger partial charge in [-0.05, 0) is 41.8 Å². The Kier molecular flexibility index (Phi) is 5.30. The molecular formula is C25H27N5O. The summed E-state index contributed by atoms with van der Waals surface area (Å²) in [6.45, 7) is 7.85. The van der Waals surface area contributed by atoms with Crippen molar-refractivity contribution in [3.8, 4) is 11.3 Å². The first kappa shape index (κ1) is 19.6. The normalized spacial score (nSPS) is 14.4. The van der Waals surface area contributed by atoms with E-state index in [1.165, 1.54) is 11.3 Å². The quantitative estimate of drug-likeness (QED) is 0.493. The van der Waals surface area contributed by atoms with Gasteiger partial charge in [0.25, 0.3) is 0 Å². The van der Waals surface area contributed by atoms with E-state index < -0.39 is 0 Å². The number of ether oxygens (including phenoxy) is 1. The van der Waals surface area contributed by atoms with Crippen molar-refractivity contribution in [1.29, 1.82) is 0 Å². The van der Waals surface area contributed by atoms with Gasteiger partial charge in [0.05, 0.1) is 18.9 Å². The van der Waals surface area contributed by atoms with Crippen molar-refractivity contribution in [3.05, 3.63) is 72.7 Å². The fourth-order valence-corrected chi connectivity index (χ4v) is 3.93. The molecule has 1 fully saturated rings. The van der Waals surface area contributed by atoms with Crippen LogP contribution in [0.4, 0.5) is 17.2 Å². The summed E-state index contributed by atoms with van der Waals surface area (Å²) in [6.07, 6.45) is 5.80. The summed E-state index contributed by atoms with van der Waals surface area (Å²) >= 11 is 0. The molecule has 31 heavy (non-hydrogen) atoms. The maximum atomic E-state index is 5.45. The number of rotatable bonds is 5. The summed E-state index contributed by atoms with van der Waals surface area (Å²) in [7, 11) is 0. The number of nitrogens with one attached hydrogen (secondary N) is 1. The maximum Gasteiger partial charge on any atom is 0.180 e. The topological polar surface area (TPSA) is 54.7 Å². The van der Waals surface area contributed by atoms with Gasteiger partial charge in [0.2, 0.25) is 0 Å². The molecular weight excluding hydrogens is 386 g/mol. The van der Waals surface area contributed by atoms with Crippen molar-refractivity contribution >= 4 is 22.8 Å². The Bertz CT molecular complexity index is 1180. The number of fused-ring (bicyclic) bond motifs is 1. The van der Waals surface area contributed by atoms with Crippen LogP contribution in [0.25, 0.3) is 16.9 Å². The largest absolute Gasteiger partial charge is 0.378 e. The SMILES string of the molecule is CC(C)c1cccc(-c2cn3ccnc3c(Nc3ccc(N4CCOCC4)cc3)n2)c1. The number of hydrogen-bond donors (Lipinski definition) is 1. The fraction of sp³-hybridized carbons (Fsp3) is 0.280. The monoisotopic (exact) mass is 413 g/mol. The van der Waals surface area contributed by atoms with E-state index in [0.717, 1.165) is 54.7 Å². The summed E-state index contributed by atoms with van der Waals surface area (Å²) in [5.74, 6) is 1.22. The lowest BCUT2D eigenvalue weighted by molar-refractivity contribution is 0.122. The molecule has 0 saturated carbocycles. The molecule has 0 atom stereocenters. The van der Waals surface area contributed by atoms with Crippen LogP contribution in [0.3, 0.4) is 0 Å². The van der Waals surface area contributed by atoms with Crippen molar-refractivity contribution in [2.45, 2.75) is 19.8 Å². The predicted octanol–water partition coefficient (Wildman–Crippen LogP) is 5.10. The molecule has 4 aromatic rings. The molecule has 6 nitrogen and oxygen atoms in total. The number of imidazole rings is 1. The van der Waals surface area contributed by atoms with Gasteiger partial charge in [-0.2, -0.15) is 0 Å². The summed E-state index contributed by atoms with van der Waals surface area (Å²) in [5.41, 5.74) is 6.33. The minimum absolute atomic E-state index is 0.472. The molecule has 1 aliphatic heterocycles. The van der Waals surface area contributed by atoms with Crippen molar-refractivity contribution in [2.24, 2.45) is 0 Å². The van der Waals surface area contributed by atoms with Gasteiger partial charge in [-0.1, -0.05) is 32.0 Å². The van der Waals surface area contributed by atoms with E-state index in [0.29, 0.717) is 5.92 Å². The minimum atomic E-state index is 0.472. The smallest absolute Gasteiger partial charge is 0.180 e. The van der Waals surface area contributed by atoms with E-state index in [1.54, 1.807) is 6.20 Å². The number of nitrogens with zero attached hydrogens (tertiary/aromatic N) is 4. The van der Waals surface area contributed by atoms with Crippen LogP contribution >= 0.6 is 0 Å². The highest BCUT2D eigenvalue weighted by Gasteiger charge is 2.13. The molecule has 0 aliphatic carbocycles. The van der Waals surface area contributed by atoms with Crippen LogP contribution in [0, 0.1) is 0 Å². The van der Waals surface area contributed by atoms with Crippen LogP contribution in [0.15, 0.2) is 67.1 Å². The Labute approximate surface area is 182 Å². The first-order chi connectivity index (χ1) is 15.2. The molecule has 0 bridgehead atoms. The van der Waals surface area contributed by atoms with Gasteiger partial charge in [0.1, 0.15) is 0 Å². The Hall–Kier alpha value is -3.38. The lowest BCUT2D eigenvalue weighted by Crippen LogP contribution is -2.36. The molecule has 2 aromatic carbocycles. The van der Waals surface area contributed by atoms with Gasteiger partial charge in [-0.15, -0.1) is 0 Å². The number of morpholine rings is 1. The zero-order valence-electron chi connectivity index (χ0n) is 18.0.